The number of carbonyl (C=O) groups is 2. The third-order valence-electron chi connectivity index (χ3n) is 4.93. The summed E-state index contributed by atoms with van der Waals surface area (Å²) >= 11 is 0. The Morgan fingerprint density at radius 1 is 0.958 bits per heavy atom. The van der Waals surface area contributed by atoms with E-state index >= 15 is 0 Å². The van der Waals surface area contributed by atoms with Crippen LogP contribution in [0.1, 0.15) is 39.7 Å². The van der Waals surface area contributed by atoms with E-state index in [-0.39, 0.29) is 11.1 Å². The van der Waals surface area contributed by atoms with Crippen LogP contribution in [0, 0.1) is 0 Å². The second-order valence-corrected chi connectivity index (χ2v) is 5.90. The SMILES string of the molecule is CCN1C(C)=C(C(=O)O)C(CC)(c2ccccc2)C(C(=O)O)=C1C. The van der Waals surface area contributed by atoms with Gasteiger partial charge < -0.3 is 15.1 Å². The van der Waals surface area contributed by atoms with E-state index in [0.29, 0.717) is 29.9 Å². The summed E-state index contributed by atoms with van der Waals surface area (Å²) in [5, 5.41) is 19.9. The number of allylic oxidation sites excluding steroid dienone is 2. The first kappa shape index (κ1) is 17.8. The number of aliphatic carboxylic acids is 2. The zero-order chi connectivity index (χ0) is 18.1. The lowest BCUT2D eigenvalue weighted by atomic mass is 9.64. The van der Waals surface area contributed by atoms with Crippen molar-refractivity contribution in [2.45, 2.75) is 39.5 Å². The molecule has 5 nitrogen and oxygen atoms in total. The van der Waals surface area contributed by atoms with Gasteiger partial charge in [-0.25, -0.2) is 9.59 Å². The molecule has 0 unspecified atom stereocenters. The van der Waals surface area contributed by atoms with Crippen LogP contribution < -0.4 is 0 Å². The quantitative estimate of drug-likeness (QED) is 0.866. The summed E-state index contributed by atoms with van der Waals surface area (Å²) in [5.41, 5.74) is 0.994. The molecule has 0 amide bonds. The van der Waals surface area contributed by atoms with Crippen molar-refractivity contribution < 1.29 is 19.8 Å². The minimum Gasteiger partial charge on any atom is -0.478 e. The Balaban J connectivity index is 2.97. The van der Waals surface area contributed by atoms with Crippen molar-refractivity contribution in [3.05, 3.63) is 58.4 Å². The maximum atomic E-state index is 12.1. The second kappa shape index (κ2) is 6.51. The van der Waals surface area contributed by atoms with Crippen LogP contribution >= 0.6 is 0 Å². The van der Waals surface area contributed by atoms with Crippen LogP contribution in [0.25, 0.3) is 0 Å². The maximum absolute atomic E-state index is 12.1. The van der Waals surface area contributed by atoms with Gasteiger partial charge in [-0.3, -0.25) is 0 Å². The topological polar surface area (TPSA) is 77.8 Å². The van der Waals surface area contributed by atoms with Crippen molar-refractivity contribution in [2.75, 3.05) is 6.54 Å². The van der Waals surface area contributed by atoms with Crippen LogP contribution in [-0.4, -0.2) is 33.6 Å². The Hall–Kier alpha value is -2.56. The Morgan fingerprint density at radius 3 is 1.75 bits per heavy atom. The van der Waals surface area contributed by atoms with Gasteiger partial charge in [-0.2, -0.15) is 0 Å². The Bertz CT molecular complexity index is 693. The van der Waals surface area contributed by atoms with Crippen molar-refractivity contribution in [3.8, 4) is 0 Å². The van der Waals surface area contributed by atoms with Gasteiger partial charge in [0.05, 0.1) is 16.6 Å². The molecule has 1 aromatic rings. The summed E-state index contributed by atoms with van der Waals surface area (Å²) in [7, 11) is 0. The van der Waals surface area contributed by atoms with Gasteiger partial charge in [-0.05, 0) is 32.8 Å². The lowest BCUT2D eigenvalue weighted by Crippen LogP contribution is -2.45. The van der Waals surface area contributed by atoms with Crippen LogP contribution in [0.5, 0.6) is 0 Å². The van der Waals surface area contributed by atoms with Crippen molar-refractivity contribution in [2.24, 2.45) is 0 Å². The van der Waals surface area contributed by atoms with Crippen molar-refractivity contribution in [3.63, 3.8) is 0 Å². The van der Waals surface area contributed by atoms with E-state index in [4.69, 9.17) is 0 Å². The summed E-state index contributed by atoms with van der Waals surface area (Å²) in [5.74, 6) is -2.16. The van der Waals surface area contributed by atoms with Gasteiger partial charge in [0.1, 0.15) is 0 Å². The molecule has 0 aliphatic carbocycles. The zero-order valence-corrected chi connectivity index (χ0v) is 14.5. The molecule has 128 valence electrons. The Labute approximate surface area is 141 Å². The molecule has 0 saturated heterocycles. The molecule has 0 saturated carbocycles. The summed E-state index contributed by atoms with van der Waals surface area (Å²) in [6.07, 6.45) is 0.354. The molecular formula is C19H23NO4. The highest BCUT2D eigenvalue weighted by Crippen LogP contribution is 2.49. The smallest absolute Gasteiger partial charge is 0.334 e. The van der Waals surface area contributed by atoms with E-state index in [1.807, 2.05) is 32.0 Å². The van der Waals surface area contributed by atoms with Crippen LogP contribution in [0.15, 0.2) is 52.9 Å². The fourth-order valence-electron chi connectivity index (χ4n) is 3.98. The highest BCUT2D eigenvalue weighted by Gasteiger charge is 2.50. The van der Waals surface area contributed by atoms with Crippen molar-refractivity contribution in [1.29, 1.82) is 0 Å². The molecule has 0 spiro atoms. The monoisotopic (exact) mass is 329 g/mol. The maximum Gasteiger partial charge on any atom is 0.334 e. The second-order valence-electron chi connectivity index (χ2n) is 5.90. The number of carboxylic acids is 2. The van der Waals surface area contributed by atoms with Gasteiger partial charge >= 0.3 is 11.9 Å². The predicted molar refractivity (Wildman–Crippen MR) is 91.5 cm³/mol. The third kappa shape index (κ3) is 2.40. The van der Waals surface area contributed by atoms with Gasteiger partial charge in [0, 0.05) is 17.9 Å². The average Bonchev–Trinajstić information content (AvgIpc) is 2.54. The molecule has 2 N–H and O–H groups in total. The standard InChI is InChI=1S/C19H23NO4/c1-5-19(14-10-8-7-9-11-14)15(17(21)22)12(3)20(6-2)13(4)16(19)18(23)24/h7-11H,5-6H2,1-4H3,(H,21,22)(H,23,24). The normalized spacial score (nSPS) is 17.2. The summed E-state index contributed by atoms with van der Waals surface area (Å²) < 4.78 is 0. The zero-order valence-electron chi connectivity index (χ0n) is 14.5. The number of nitrogens with zero attached hydrogens (tertiary/aromatic N) is 1. The molecule has 1 aliphatic rings. The van der Waals surface area contributed by atoms with Crippen LogP contribution in [-0.2, 0) is 15.0 Å². The molecule has 0 atom stereocenters. The Morgan fingerprint density at radius 2 is 1.42 bits per heavy atom. The summed E-state index contributed by atoms with van der Waals surface area (Å²) in [6, 6.07) is 9.06. The van der Waals surface area contributed by atoms with Crippen molar-refractivity contribution in [1.82, 2.24) is 4.90 Å². The summed E-state index contributed by atoms with van der Waals surface area (Å²) in [6.45, 7) is 7.74. The molecule has 2 rings (SSSR count). The van der Waals surface area contributed by atoms with Crippen LogP contribution in [0.4, 0.5) is 0 Å². The molecular weight excluding hydrogens is 306 g/mol. The van der Waals surface area contributed by atoms with Gasteiger partial charge in [0.2, 0.25) is 0 Å². The molecule has 0 aromatic heterocycles. The molecule has 5 heteroatoms. The van der Waals surface area contributed by atoms with Gasteiger partial charge in [-0.15, -0.1) is 0 Å². The van der Waals surface area contributed by atoms with Gasteiger partial charge in [-0.1, -0.05) is 37.3 Å². The van der Waals surface area contributed by atoms with Crippen LogP contribution in [0.3, 0.4) is 0 Å². The number of rotatable bonds is 5. The van der Waals surface area contributed by atoms with Gasteiger partial charge in [0.25, 0.3) is 0 Å². The fraction of sp³-hybridized carbons (Fsp3) is 0.368. The van der Waals surface area contributed by atoms with E-state index in [9.17, 15) is 19.8 Å². The van der Waals surface area contributed by atoms with Crippen molar-refractivity contribution >= 4 is 11.9 Å². The third-order valence-corrected chi connectivity index (χ3v) is 4.93. The molecule has 24 heavy (non-hydrogen) atoms. The van der Waals surface area contributed by atoms with E-state index in [2.05, 4.69) is 0 Å². The predicted octanol–water partition coefficient (Wildman–Crippen LogP) is 3.39. The van der Waals surface area contributed by atoms with E-state index in [1.54, 1.807) is 30.9 Å². The first-order chi connectivity index (χ1) is 11.3. The largest absolute Gasteiger partial charge is 0.478 e. The molecule has 1 aliphatic heterocycles. The number of hydrogen-bond acceptors (Lipinski definition) is 3. The first-order valence-corrected chi connectivity index (χ1v) is 8.05. The number of hydrogen-bond donors (Lipinski definition) is 2. The first-order valence-electron chi connectivity index (χ1n) is 8.05. The van der Waals surface area contributed by atoms with E-state index in [0.717, 1.165) is 0 Å². The van der Waals surface area contributed by atoms with Crippen LogP contribution in [0.2, 0.25) is 0 Å². The molecule has 1 aromatic carbocycles. The molecule has 0 radical (unpaired) electrons. The lowest BCUT2D eigenvalue weighted by Gasteiger charge is -2.44. The average molecular weight is 329 g/mol. The van der Waals surface area contributed by atoms with E-state index in [1.165, 1.54) is 0 Å². The summed E-state index contributed by atoms with van der Waals surface area (Å²) in [4.78, 5) is 26.1. The number of carboxylic acid groups (broad SMARTS) is 2. The van der Waals surface area contributed by atoms with Gasteiger partial charge in [0.15, 0.2) is 0 Å². The fourth-order valence-corrected chi connectivity index (χ4v) is 3.98. The molecule has 0 bridgehead atoms. The molecule has 0 fully saturated rings. The minimum atomic E-state index is -1.17. The van der Waals surface area contributed by atoms with E-state index < -0.39 is 17.4 Å². The minimum absolute atomic E-state index is 0.140. The highest BCUT2D eigenvalue weighted by atomic mass is 16.4. The number of benzene rings is 1. The Kier molecular flexibility index (Phi) is 4.83. The highest BCUT2D eigenvalue weighted by molar-refractivity contribution is 6.00. The lowest BCUT2D eigenvalue weighted by molar-refractivity contribution is -0.134. The molecule has 1 heterocycles.